The van der Waals surface area contributed by atoms with Gasteiger partial charge in [-0.05, 0) is 19.1 Å². The average molecular weight is 248 g/mol. The van der Waals surface area contributed by atoms with E-state index in [9.17, 15) is 0 Å². The molecule has 1 aromatic carbocycles. The number of hydrogen-bond acceptors (Lipinski definition) is 5. The maximum absolute atomic E-state index is 8.51. The van der Waals surface area contributed by atoms with Gasteiger partial charge in [-0.1, -0.05) is 11.6 Å². The largest absolute Gasteiger partial charge is 0.707 e. The van der Waals surface area contributed by atoms with Crippen LogP contribution in [0.4, 0.5) is 0 Å². The molecule has 0 bridgehead atoms. The Morgan fingerprint density at radius 1 is 1.25 bits per heavy atom. The first kappa shape index (κ1) is 15.1. The van der Waals surface area contributed by atoms with E-state index < -0.39 is 7.32 Å². The Bertz CT molecular complexity index is 308. The van der Waals surface area contributed by atoms with Gasteiger partial charge in [0.2, 0.25) is 0 Å². The van der Waals surface area contributed by atoms with Gasteiger partial charge in [0.05, 0.1) is 7.11 Å². The molecule has 0 aliphatic carbocycles. The lowest BCUT2D eigenvalue weighted by atomic mass is 10.2. The van der Waals surface area contributed by atoms with Gasteiger partial charge in [-0.25, -0.2) is 0 Å². The molecule has 16 heavy (non-hydrogen) atoms. The predicted molar refractivity (Wildman–Crippen MR) is 61.6 cm³/mol. The van der Waals surface area contributed by atoms with E-state index in [0.29, 0.717) is 10.8 Å². The van der Waals surface area contributed by atoms with Crippen LogP contribution in [0.25, 0.3) is 0 Å². The molecule has 1 aromatic rings. The van der Waals surface area contributed by atoms with Crippen molar-refractivity contribution in [3.05, 3.63) is 23.2 Å². The molecule has 0 saturated heterocycles. The summed E-state index contributed by atoms with van der Waals surface area (Å²) in [6.07, 6.45) is 0. The second-order valence-electron chi connectivity index (χ2n) is 2.59. The first-order valence-electron chi connectivity index (χ1n) is 4.51. The monoisotopic (exact) mass is 248 g/mol. The average Bonchev–Trinajstić information content (AvgIpc) is 2.16. The molecule has 0 saturated carbocycles. The first-order chi connectivity index (χ1) is 7.53. The topological polar surface area (TPSA) is 79.2 Å². The fourth-order valence-corrected chi connectivity index (χ4v) is 1.06. The fourth-order valence-electron chi connectivity index (χ4n) is 0.845. The molecule has 0 aliphatic heterocycles. The van der Waals surface area contributed by atoms with Gasteiger partial charge >= 0.3 is 7.32 Å². The highest BCUT2D eigenvalue weighted by Gasteiger charge is 2.12. The zero-order valence-electron chi connectivity index (χ0n) is 9.05. The Labute approximate surface area is 99.4 Å². The highest BCUT2D eigenvalue weighted by atomic mass is 35.5. The predicted octanol–water partition coefficient (Wildman–Crippen LogP) is 0.696. The van der Waals surface area contributed by atoms with Crippen LogP contribution >= 0.6 is 11.6 Å². The van der Waals surface area contributed by atoms with Crippen molar-refractivity contribution in [2.45, 2.75) is 6.92 Å². The van der Waals surface area contributed by atoms with Crippen LogP contribution in [-0.2, 0) is 0 Å². The van der Waals surface area contributed by atoms with Crippen molar-refractivity contribution in [1.29, 1.82) is 0 Å². The van der Waals surface area contributed by atoms with Crippen molar-refractivity contribution in [1.82, 2.24) is 0 Å². The summed E-state index contributed by atoms with van der Waals surface area (Å²) in [6, 6.07) is 4.52. The minimum Gasteiger partial charge on any atom is -0.512 e. The van der Waals surface area contributed by atoms with Crippen LogP contribution in [0.5, 0.6) is 11.5 Å². The normalized spacial score (nSPS) is 8.88. The van der Waals surface area contributed by atoms with Gasteiger partial charge in [0.25, 0.3) is 0 Å². The lowest BCUT2D eigenvalue weighted by molar-refractivity contribution is 0.287. The number of halogens is 1. The van der Waals surface area contributed by atoms with E-state index in [1.54, 1.807) is 13.0 Å². The fraction of sp³-hybridized carbons (Fsp3) is 0.333. The summed E-state index contributed by atoms with van der Waals surface area (Å²) in [6.45, 7) is 1.93. The molecular weight excluding hydrogens is 234 g/mol. The number of hydrogen-bond donors (Lipinski definition) is 3. The van der Waals surface area contributed by atoms with Gasteiger partial charge in [-0.2, -0.15) is 0 Å². The van der Waals surface area contributed by atoms with Gasteiger partial charge in [0, 0.05) is 17.7 Å². The van der Waals surface area contributed by atoms with Crippen LogP contribution in [-0.4, -0.2) is 36.2 Å². The first-order valence-corrected chi connectivity index (χ1v) is 4.89. The highest BCUT2D eigenvalue weighted by Crippen LogP contribution is 2.25. The Balaban J connectivity index is 0.000000673. The Morgan fingerprint density at radius 3 is 2.19 bits per heavy atom. The molecule has 0 unspecified atom stereocenters. The molecule has 7 heteroatoms. The molecule has 0 radical (unpaired) electrons. The summed E-state index contributed by atoms with van der Waals surface area (Å²) < 4.78 is 9.47. The zero-order valence-corrected chi connectivity index (χ0v) is 9.81. The standard InChI is InChI=1S/C7H8BClO4.C2H6O/c1-12-6-2-5(9)3-7(4-6)13-8(10)11;1-2-3/h2-4,10-11H,1H3;3H,2H2,1H3. The van der Waals surface area contributed by atoms with Gasteiger partial charge in [0.1, 0.15) is 11.5 Å². The Morgan fingerprint density at radius 2 is 1.75 bits per heavy atom. The third kappa shape index (κ3) is 6.52. The number of rotatable bonds is 3. The molecule has 0 aromatic heterocycles. The van der Waals surface area contributed by atoms with Crippen LogP contribution < -0.4 is 9.39 Å². The van der Waals surface area contributed by atoms with Crippen LogP contribution in [0.2, 0.25) is 5.02 Å². The number of aliphatic hydroxyl groups excluding tert-OH is 1. The third-order valence-electron chi connectivity index (χ3n) is 1.32. The van der Waals surface area contributed by atoms with E-state index >= 15 is 0 Å². The van der Waals surface area contributed by atoms with Crippen LogP contribution in [0, 0.1) is 0 Å². The van der Waals surface area contributed by atoms with Crippen LogP contribution in [0.3, 0.4) is 0 Å². The number of aliphatic hydroxyl groups is 1. The summed E-state index contributed by atoms with van der Waals surface area (Å²) in [7, 11) is -0.381. The lowest BCUT2D eigenvalue weighted by Crippen LogP contribution is -2.20. The van der Waals surface area contributed by atoms with E-state index in [0.717, 1.165) is 0 Å². The molecule has 1 rings (SSSR count). The maximum Gasteiger partial charge on any atom is 0.707 e. The summed E-state index contributed by atoms with van der Waals surface area (Å²) in [5, 5.41) is 25.0. The molecule has 0 fully saturated rings. The Kier molecular flexibility index (Phi) is 7.75. The van der Waals surface area contributed by atoms with Crippen molar-refractivity contribution in [2.24, 2.45) is 0 Å². The molecule has 0 spiro atoms. The van der Waals surface area contributed by atoms with E-state index in [-0.39, 0.29) is 12.4 Å². The van der Waals surface area contributed by atoms with Gasteiger partial charge < -0.3 is 24.5 Å². The number of benzene rings is 1. The molecule has 0 heterocycles. The molecule has 0 aliphatic rings. The summed E-state index contributed by atoms with van der Waals surface area (Å²) >= 11 is 5.69. The zero-order chi connectivity index (χ0) is 12.6. The summed E-state index contributed by atoms with van der Waals surface area (Å²) in [4.78, 5) is 0. The number of ether oxygens (including phenoxy) is 1. The van der Waals surface area contributed by atoms with E-state index in [2.05, 4.69) is 4.65 Å². The molecule has 90 valence electrons. The van der Waals surface area contributed by atoms with Crippen molar-refractivity contribution < 1.29 is 24.5 Å². The van der Waals surface area contributed by atoms with Crippen molar-refractivity contribution in [3.63, 3.8) is 0 Å². The highest BCUT2D eigenvalue weighted by molar-refractivity contribution is 6.34. The van der Waals surface area contributed by atoms with Crippen molar-refractivity contribution >= 4 is 18.9 Å². The quantitative estimate of drug-likeness (QED) is 0.686. The minimum atomic E-state index is -1.86. The number of methoxy groups -OCH3 is 1. The second kappa shape index (κ2) is 8.24. The van der Waals surface area contributed by atoms with Crippen molar-refractivity contribution in [3.8, 4) is 11.5 Å². The van der Waals surface area contributed by atoms with Crippen molar-refractivity contribution in [2.75, 3.05) is 13.7 Å². The Hall–Kier alpha value is -0.945. The second-order valence-corrected chi connectivity index (χ2v) is 3.02. The van der Waals surface area contributed by atoms with Crippen LogP contribution in [0.15, 0.2) is 18.2 Å². The summed E-state index contributed by atoms with van der Waals surface area (Å²) in [5.74, 6) is 0.725. The smallest absolute Gasteiger partial charge is 0.512 e. The lowest BCUT2D eigenvalue weighted by Gasteiger charge is -2.07. The van der Waals surface area contributed by atoms with Gasteiger partial charge in [0.15, 0.2) is 0 Å². The van der Waals surface area contributed by atoms with E-state index in [1.165, 1.54) is 19.2 Å². The molecule has 0 atom stereocenters. The van der Waals surface area contributed by atoms with Gasteiger partial charge in [-0.3, -0.25) is 0 Å². The molecule has 5 nitrogen and oxygen atoms in total. The summed E-state index contributed by atoms with van der Waals surface area (Å²) in [5.41, 5.74) is 0. The molecular formula is C9H14BClO5. The van der Waals surface area contributed by atoms with Gasteiger partial charge in [-0.15, -0.1) is 0 Å². The van der Waals surface area contributed by atoms with E-state index in [4.69, 9.17) is 31.5 Å². The maximum atomic E-state index is 8.51. The molecule has 0 amide bonds. The van der Waals surface area contributed by atoms with E-state index in [1.807, 2.05) is 0 Å². The molecule has 3 N–H and O–H groups in total. The van der Waals surface area contributed by atoms with Crippen LogP contribution in [0.1, 0.15) is 6.92 Å². The third-order valence-corrected chi connectivity index (χ3v) is 1.54. The SMILES string of the molecule is CCO.COc1cc(Cl)cc(OB(O)O)c1. The minimum absolute atomic E-state index is 0.236.